The van der Waals surface area contributed by atoms with Crippen molar-refractivity contribution in [1.29, 1.82) is 0 Å². The van der Waals surface area contributed by atoms with Crippen molar-refractivity contribution in [2.75, 3.05) is 0 Å². The van der Waals surface area contributed by atoms with E-state index in [1.54, 1.807) is 19.1 Å². The number of aromatic nitrogens is 3. The zero-order valence-corrected chi connectivity index (χ0v) is 12.4. The van der Waals surface area contributed by atoms with Gasteiger partial charge in [0.25, 0.3) is 5.89 Å². The van der Waals surface area contributed by atoms with Crippen LogP contribution in [0.5, 0.6) is 0 Å². The molecule has 21 heavy (non-hydrogen) atoms. The maximum absolute atomic E-state index is 5.44. The summed E-state index contributed by atoms with van der Waals surface area (Å²) in [6, 6.07) is 9.08. The molecule has 3 heterocycles. The van der Waals surface area contributed by atoms with Crippen LogP contribution in [0.15, 0.2) is 48.4 Å². The first-order valence-electron chi connectivity index (χ1n) is 6.16. The Morgan fingerprint density at radius 1 is 1.05 bits per heavy atom. The average Bonchev–Trinajstić information content (AvgIpc) is 3.15. The van der Waals surface area contributed by atoms with Gasteiger partial charge in [0.2, 0.25) is 5.82 Å². The van der Waals surface area contributed by atoms with Crippen molar-refractivity contribution in [2.45, 2.75) is 6.92 Å². The summed E-state index contributed by atoms with van der Waals surface area (Å²) in [6.45, 7) is 1.81. The molecule has 3 aromatic heterocycles. The van der Waals surface area contributed by atoms with Crippen LogP contribution in [0, 0.1) is 6.92 Å². The monoisotopic (exact) mass is 345 g/mol. The molecule has 0 radical (unpaired) electrons. The fraction of sp³-hybridized carbons (Fsp3) is 0.0714. The Balaban J connectivity index is 1.76. The third-order valence-corrected chi connectivity index (χ3v) is 3.39. The van der Waals surface area contributed by atoms with E-state index in [1.807, 2.05) is 18.2 Å². The minimum atomic E-state index is 0.326. The minimum absolute atomic E-state index is 0.326. The first kappa shape index (κ1) is 12.3. The van der Waals surface area contributed by atoms with E-state index >= 15 is 0 Å². The SMILES string of the molecule is Cc1nc2cc(-c3noc(-c4ccc(Br)o4)n3)ccc2o1. The molecule has 0 saturated heterocycles. The van der Waals surface area contributed by atoms with Crippen molar-refractivity contribution in [3.8, 4) is 23.0 Å². The van der Waals surface area contributed by atoms with Gasteiger partial charge >= 0.3 is 0 Å². The third kappa shape index (κ3) is 2.15. The van der Waals surface area contributed by atoms with Crippen LogP contribution >= 0.6 is 15.9 Å². The number of furan rings is 1. The highest BCUT2D eigenvalue weighted by Crippen LogP contribution is 2.27. The van der Waals surface area contributed by atoms with E-state index in [9.17, 15) is 0 Å². The number of hydrogen-bond donors (Lipinski definition) is 0. The molecular formula is C14H8BrN3O3. The molecule has 0 unspecified atom stereocenters. The van der Waals surface area contributed by atoms with Gasteiger partial charge in [-0.05, 0) is 46.3 Å². The van der Waals surface area contributed by atoms with Crippen molar-refractivity contribution in [2.24, 2.45) is 0 Å². The average molecular weight is 346 g/mol. The molecule has 0 aliphatic rings. The molecule has 1 aromatic carbocycles. The second-order valence-electron chi connectivity index (χ2n) is 4.44. The Labute approximate surface area is 126 Å². The van der Waals surface area contributed by atoms with Crippen LogP contribution < -0.4 is 0 Å². The summed E-state index contributed by atoms with van der Waals surface area (Å²) < 4.78 is 16.7. The predicted octanol–water partition coefficient (Wildman–Crippen LogP) is 4.21. The van der Waals surface area contributed by atoms with Crippen molar-refractivity contribution in [3.63, 3.8) is 0 Å². The topological polar surface area (TPSA) is 78.1 Å². The molecular weight excluding hydrogens is 338 g/mol. The zero-order chi connectivity index (χ0) is 14.4. The molecule has 6 nitrogen and oxygen atoms in total. The quantitative estimate of drug-likeness (QED) is 0.541. The van der Waals surface area contributed by atoms with E-state index < -0.39 is 0 Å². The van der Waals surface area contributed by atoms with Crippen LogP contribution in [0.2, 0.25) is 0 Å². The molecule has 0 fully saturated rings. The molecule has 7 heteroatoms. The number of benzene rings is 1. The van der Waals surface area contributed by atoms with Crippen LogP contribution in [0.4, 0.5) is 0 Å². The Morgan fingerprint density at radius 3 is 2.76 bits per heavy atom. The van der Waals surface area contributed by atoms with Gasteiger partial charge in [-0.1, -0.05) is 5.16 Å². The Morgan fingerprint density at radius 2 is 1.95 bits per heavy atom. The lowest BCUT2D eigenvalue weighted by Crippen LogP contribution is -1.81. The number of oxazole rings is 1. The first-order valence-corrected chi connectivity index (χ1v) is 6.95. The molecule has 0 bridgehead atoms. The lowest BCUT2D eigenvalue weighted by atomic mass is 10.2. The third-order valence-electron chi connectivity index (χ3n) is 2.96. The summed E-state index contributed by atoms with van der Waals surface area (Å²) in [5, 5.41) is 3.97. The van der Waals surface area contributed by atoms with Crippen LogP contribution in [0.25, 0.3) is 34.1 Å². The van der Waals surface area contributed by atoms with Gasteiger partial charge in [0.05, 0.1) is 0 Å². The zero-order valence-electron chi connectivity index (χ0n) is 10.8. The van der Waals surface area contributed by atoms with Crippen LogP contribution in [-0.2, 0) is 0 Å². The molecule has 0 amide bonds. The standard InChI is InChI=1S/C14H8BrN3O3/c1-7-16-9-6-8(2-3-10(9)19-7)13-17-14(21-18-13)11-4-5-12(15)20-11/h2-6H,1H3. The molecule has 0 saturated carbocycles. The predicted molar refractivity (Wildman–Crippen MR) is 77.4 cm³/mol. The first-order chi connectivity index (χ1) is 10.2. The molecule has 0 aliphatic heterocycles. The maximum atomic E-state index is 5.44. The molecule has 4 rings (SSSR count). The highest BCUT2D eigenvalue weighted by Gasteiger charge is 2.14. The summed E-state index contributed by atoms with van der Waals surface area (Å²) in [7, 11) is 0. The van der Waals surface area contributed by atoms with Gasteiger partial charge in [-0.3, -0.25) is 0 Å². The van der Waals surface area contributed by atoms with E-state index in [0.717, 1.165) is 16.7 Å². The maximum Gasteiger partial charge on any atom is 0.293 e. The van der Waals surface area contributed by atoms with E-state index in [0.29, 0.717) is 28.0 Å². The summed E-state index contributed by atoms with van der Waals surface area (Å²) in [5.74, 6) is 1.93. The van der Waals surface area contributed by atoms with Gasteiger partial charge in [0, 0.05) is 12.5 Å². The van der Waals surface area contributed by atoms with Gasteiger partial charge in [-0.15, -0.1) is 0 Å². The Bertz CT molecular complexity index is 938. The van der Waals surface area contributed by atoms with Crippen molar-refractivity contribution < 1.29 is 13.4 Å². The van der Waals surface area contributed by atoms with Crippen LogP contribution in [-0.4, -0.2) is 15.1 Å². The fourth-order valence-electron chi connectivity index (χ4n) is 2.05. The molecule has 4 aromatic rings. The van der Waals surface area contributed by atoms with Gasteiger partial charge < -0.3 is 13.4 Å². The molecule has 0 atom stereocenters. The molecule has 0 aliphatic carbocycles. The van der Waals surface area contributed by atoms with Crippen LogP contribution in [0.3, 0.4) is 0 Å². The number of halogens is 1. The molecule has 0 spiro atoms. The van der Waals surface area contributed by atoms with E-state index in [4.69, 9.17) is 13.4 Å². The highest BCUT2D eigenvalue weighted by molar-refractivity contribution is 9.10. The molecule has 104 valence electrons. The summed E-state index contributed by atoms with van der Waals surface area (Å²) in [4.78, 5) is 8.62. The summed E-state index contributed by atoms with van der Waals surface area (Å²) in [6.07, 6.45) is 0. The lowest BCUT2D eigenvalue weighted by Gasteiger charge is -1.92. The highest BCUT2D eigenvalue weighted by atomic mass is 79.9. The van der Waals surface area contributed by atoms with Crippen molar-refractivity contribution in [3.05, 3.63) is 40.9 Å². The van der Waals surface area contributed by atoms with E-state index in [1.165, 1.54) is 0 Å². The number of aryl methyl sites for hydroxylation is 1. The van der Waals surface area contributed by atoms with Crippen molar-refractivity contribution >= 4 is 27.0 Å². The number of hydrogen-bond acceptors (Lipinski definition) is 6. The summed E-state index contributed by atoms with van der Waals surface area (Å²) in [5.41, 5.74) is 2.29. The fourth-order valence-corrected chi connectivity index (χ4v) is 2.36. The smallest absolute Gasteiger partial charge is 0.293 e. The second-order valence-corrected chi connectivity index (χ2v) is 5.22. The Hall–Kier alpha value is -2.41. The van der Waals surface area contributed by atoms with E-state index in [-0.39, 0.29) is 0 Å². The summed E-state index contributed by atoms with van der Waals surface area (Å²) >= 11 is 3.24. The molecule has 0 N–H and O–H groups in total. The van der Waals surface area contributed by atoms with Gasteiger partial charge in [0.15, 0.2) is 21.9 Å². The normalized spacial score (nSPS) is 11.3. The number of fused-ring (bicyclic) bond motifs is 1. The lowest BCUT2D eigenvalue weighted by molar-refractivity contribution is 0.414. The second kappa shape index (κ2) is 4.56. The minimum Gasteiger partial charge on any atom is -0.444 e. The van der Waals surface area contributed by atoms with E-state index in [2.05, 4.69) is 31.1 Å². The number of nitrogens with zero attached hydrogens (tertiary/aromatic N) is 3. The van der Waals surface area contributed by atoms with Gasteiger partial charge in [0.1, 0.15) is 5.52 Å². The van der Waals surface area contributed by atoms with Crippen LogP contribution in [0.1, 0.15) is 5.89 Å². The van der Waals surface area contributed by atoms with Gasteiger partial charge in [-0.2, -0.15) is 4.98 Å². The number of rotatable bonds is 2. The van der Waals surface area contributed by atoms with Crippen molar-refractivity contribution in [1.82, 2.24) is 15.1 Å². The Kier molecular flexibility index (Phi) is 2.68. The van der Waals surface area contributed by atoms with Gasteiger partial charge in [-0.25, -0.2) is 4.98 Å². The largest absolute Gasteiger partial charge is 0.444 e.